The summed E-state index contributed by atoms with van der Waals surface area (Å²) in [7, 11) is 0. The van der Waals surface area contributed by atoms with Gasteiger partial charge in [0.15, 0.2) is 11.4 Å². The second-order valence-corrected chi connectivity index (χ2v) is 18.8. The van der Waals surface area contributed by atoms with Crippen LogP contribution >= 0.6 is 11.3 Å². The summed E-state index contributed by atoms with van der Waals surface area (Å²) in [6.45, 7) is 2.29. The third kappa shape index (κ3) is 5.70. The number of benzene rings is 10. The number of nitrogens with zero attached hydrogens (tertiary/aromatic N) is 3. The van der Waals surface area contributed by atoms with Crippen LogP contribution in [0, 0.1) is 5.92 Å². The summed E-state index contributed by atoms with van der Waals surface area (Å²) < 4.78 is 12.1. The van der Waals surface area contributed by atoms with Crippen LogP contribution in [0.3, 0.4) is 0 Å². The van der Waals surface area contributed by atoms with Crippen molar-refractivity contribution in [2.75, 3.05) is 0 Å². The SMILES string of the molecule is CC1C/C=C(c2ccc3c(c2)sc2ccccc23)/N=C(c2ccc(-n3c4cc5ccccc5cc4c4c5ccccc5ccc43)c3oc4ccccc4c23)\N=C/1c1ccc2ccccc2c1. The van der Waals surface area contributed by atoms with E-state index in [4.69, 9.17) is 14.4 Å². The van der Waals surface area contributed by atoms with Gasteiger partial charge in [-0.1, -0.05) is 153 Å². The molecule has 0 amide bonds. The molecular weight excluding hydrogens is 823 g/mol. The zero-order chi connectivity index (χ0) is 43.5. The van der Waals surface area contributed by atoms with Crippen LogP contribution in [-0.4, -0.2) is 16.1 Å². The van der Waals surface area contributed by atoms with Gasteiger partial charge in [0, 0.05) is 58.8 Å². The largest absolute Gasteiger partial charge is 0.454 e. The first-order chi connectivity index (χ1) is 32.6. The maximum absolute atomic E-state index is 7.10. The van der Waals surface area contributed by atoms with Gasteiger partial charge in [-0.15, -0.1) is 11.3 Å². The molecule has 0 saturated carbocycles. The molecule has 13 aromatic rings. The van der Waals surface area contributed by atoms with Gasteiger partial charge in [-0.2, -0.15) is 0 Å². The van der Waals surface area contributed by atoms with E-state index in [0.717, 1.165) is 73.2 Å². The molecule has 310 valence electrons. The van der Waals surface area contributed by atoms with E-state index in [0.29, 0.717) is 5.84 Å². The number of hydrogen-bond donors (Lipinski definition) is 0. The van der Waals surface area contributed by atoms with Gasteiger partial charge in [0.25, 0.3) is 0 Å². The molecule has 1 aliphatic heterocycles. The number of allylic oxidation sites excluding steroid dienone is 1. The van der Waals surface area contributed by atoms with Crippen LogP contribution < -0.4 is 0 Å². The molecule has 14 rings (SSSR count). The van der Waals surface area contributed by atoms with E-state index < -0.39 is 0 Å². The average molecular weight is 862 g/mol. The summed E-state index contributed by atoms with van der Waals surface area (Å²) in [5, 5.41) is 14.3. The first-order valence-electron chi connectivity index (χ1n) is 22.7. The van der Waals surface area contributed by atoms with Crippen LogP contribution in [0.1, 0.15) is 30.0 Å². The highest BCUT2D eigenvalue weighted by Crippen LogP contribution is 2.44. The Kier molecular flexibility index (Phi) is 8.16. The fourth-order valence-electron chi connectivity index (χ4n) is 10.6. The van der Waals surface area contributed by atoms with Crippen molar-refractivity contribution in [1.29, 1.82) is 0 Å². The zero-order valence-corrected chi connectivity index (χ0v) is 36.8. The van der Waals surface area contributed by atoms with Crippen molar-refractivity contribution in [1.82, 2.24) is 4.57 Å². The minimum Gasteiger partial charge on any atom is -0.454 e. The number of hydrogen-bond acceptors (Lipinski definition) is 4. The van der Waals surface area contributed by atoms with Crippen LogP contribution in [0.2, 0.25) is 0 Å². The topological polar surface area (TPSA) is 42.8 Å². The number of para-hydroxylation sites is 1. The molecular formula is C61H39N3OS. The first kappa shape index (κ1) is 37.3. The molecule has 0 saturated heterocycles. The van der Waals surface area contributed by atoms with Gasteiger partial charge in [0.1, 0.15) is 5.58 Å². The highest BCUT2D eigenvalue weighted by molar-refractivity contribution is 7.25. The van der Waals surface area contributed by atoms with Crippen molar-refractivity contribution in [3.05, 3.63) is 217 Å². The number of aliphatic imine (C=N–C) groups is 2. The van der Waals surface area contributed by atoms with Crippen LogP contribution in [0.25, 0.3) is 108 Å². The van der Waals surface area contributed by atoms with Crippen LogP contribution in [0.15, 0.2) is 215 Å². The van der Waals surface area contributed by atoms with Crippen LogP contribution in [-0.2, 0) is 0 Å². The molecule has 0 spiro atoms. The Bertz CT molecular complexity index is 4290. The Balaban J connectivity index is 1.05. The van der Waals surface area contributed by atoms with E-state index in [1.54, 1.807) is 0 Å². The zero-order valence-electron chi connectivity index (χ0n) is 36.0. The minimum absolute atomic E-state index is 0.109. The molecule has 0 bridgehead atoms. The van der Waals surface area contributed by atoms with Crippen molar-refractivity contribution in [3.8, 4) is 5.69 Å². The standard InChI is InChI=1S/C61H39N3OS/c1-36-22-29-50(42-25-27-46-45-18-9-11-21-55(45)66-56(46)35-42)62-61(63-59(36)43-24-23-37-12-2-3-14-39(37)32-43)48-28-31-52(60-58(48)47-19-8-10-20-54(47)65-60)64-51-30-26-38-13-6-7-17-44(38)57(51)49-33-40-15-4-5-16-41(40)34-53(49)64/h2-21,23-36H,22H2,1H3/b50-29+,62-61-,63-59+. The van der Waals surface area contributed by atoms with Crippen molar-refractivity contribution in [2.45, 2.75) is 13.3 Å². The lowest BCUT2D eigenvalue weighted by Crippen LogP contribution is -2.17. The number of rotatable bonds is 4. The Morgan fingerprint density at radius 1 is 0.500 bits per heavy atom. The summed E-state index contributed by atoms with van der Waals surface area (Å²) in [5.74, 6) is 0.771. The maximum atomic E-state index is 7.10. The monoisotopic (exact) mass is 861 g/mol. The van der Waals surface area contributed by atoms with E-state index in [2.05, 4.69) is 212 Å². The van der Waals surface area contributed by atoms with Gasteiger partial charge in [-0.05, 0) is 98.9 Å². The lowest BCUT2D eigenvalue weighted by Gasteiger charge is -2.19. The Morgan fingerprint density at radius 3 is 2.05 bits per heavy atom. The average Bonchev–Trinajstić information content (AvgIpc) is 4.04. The summed E-state index contributed by atoms with van der Waals surface area (Å²) in [4.78, 5) is 11.4. The van der Waals surface area contributed by atoms with E-state index in [1.807, 2.05) is 11.3 Å². The van der Waals surface area contributed by atoms with Crippen LogP contribution in [0.4, 0.5) is 0 Å². The number of aromatic nitrogens is 1. The highest BCUT2D eigenvalue weighted by Gasteiger charge is 2.25. The fraction of sp³-hybridized carbons (Fsp3) is 0.0492. The second-order valence-electron chi connectivity index (χ2n) is 17.7. The normalized spacial score (nSPS) is 17.2. The Hall–Kier alpha value is -8.12. The predicted molar refractivity (Wildman–Crippen MR) is 281 cm³/mol. The number of fused-ring (bicyclic) bond motifs is 13. The van der Waals surface area contributed by atoms with Gasteiger partial charge >= 0.3 is 0 Å². The number of thiophene rings is 1. The van der Waals surface area contributed by atoms with E-state index in [1.165, 1.54) is 63.3 Å². The molecule has 0 aliphatic carbocycles. The molecule has 1 aliphatic rings. The maximum Gasteiger partial charge on any atom is 0.160 e. The van der Waals surface area contributed by atoms with Gasteiger partial charge in [0.2, 0.25) is 0 Å². The third-order valence-corrected chi connectivity index (χ3v) is 14.9. The smallest absolute Gasteiger partial charge is 0.160 e. The molecule has 0 N–H and O–H groups in total. The molecule has 5 heteroatoms. The minimum atomic E-state index is 0.109. The molecule has 0 fully saturated rings. The fourth-order valence-corrected chi connectivity index (χ4v) is 11.7. The number of furan rings is 1. The van der Waals surface area contributed by atoms with E-state index >= 15 is 0 Å². The lowest BCUT2D eigenvalue weighted by atomic mass is 9.92. The molecule has 1 atom stereocenters. The summed E-state index contributed by atoms with van der Waals surface area (Å²) in [6.07, 6.45) is 3.11. The molecule has 3 aromatic heterocycles. The second kappa shape index (κ2) is 14.4. The molecule has 10 aromatic carbocycles. The quantitative estimate of drug-likeness (QED) is 0.174. The van der Waals surface area contributed by atoms with Crippen molar-refractivity contribution < 1.29 is 4.42 Å². The number of amidine groups is 1. The first-order valence-corrected chi connectivity index (χ1v) is 23.5. The van der Waals surface area contributed by atoms with Crippen LogP contribution in [0.5, 0.6) is 0 Å². The van der Waals surface area contributed by atoms with E-state index in [9.17, 15) is 0 Å². The van der Waals surface area contributed by atoms with Gasteiger partial charge < -0.3 is 8.98 Å². The van der Waals surface area contributed by atoms with Gasteiger partial charge in [-0.3, -0.25) is 0 Å². The molecule has 1 unspecified atom stereocenters. The third-order valence-electron chi connectivity index (χ3n) is 13.8. The molecule has 66 heavy (non-hydrogen) atoms. The van der Waals surface area contributed by atoms with Crippen molar-refractivity contribution >= 4 is 125 Å². The summed E-state index contributed by atoms with van der Waals surface area (Å²) >= 11 is 1.83. The predicted octanol–water partition coefficient (Wildman–Crippen LogP) is 16.8. The molecule has 0 radical (unpaired) electrons. The van der Waals surface area contributed by atoms with Gasteiger partial charge in [-0.25, -0.2) is 9.98 Å². The molecule has 4 nitrogen and oxygen atoms in total. The molecule has 4 heterocycles. The Morgan fingerprint density at radius 2 is 1.18 bits per heavy atom. The van der Waals surface area contributed by atoms with Gasteiger partial charge in [0.05, 0.1) is 28.1 Å². The lowest BCUT2D eigenvalue weighted by molar-refractivity contribution is 0.666. The van der Waals surface area contributed by atoms with Crippen molar-refractivity contribution in [3.63, 3.8) is 0 Å². The van der Waals surface area contributed by atoms with Crippen molar-refractivity contribution in [2.24, 2.45) is 15.9 Å². The summed E-state index contributed by atoms with van der Waals surface area (Å²) in [6, 6.07) is 70.2. The Labute approximate surface area is 383 Å². The summed E-state index contributed by atoms with van der Waals surface area (Å²) in [5.41, 5.74) is 9.90. The highest BCUT2D eigenvalue weighted by atomic mass is 32.1. The van der Waals surface area contributed by atoms with E-state index in [-0.39, 0.29) is 5.92 Å².